The monoisotopic (exact) mass is 331 g/mol. The van der Waals surface area contributed by atoms with Gasteiger partial charge in [-0.05, 0) is 42.2 Å². The largest absolute Gasteiger partial charge is 0.326 e. The molecule has 0 heterocycles. The summed E-state index contributed by atoms with van der Waals surface area (Å²) in [4.78, 5) is 12.1. The molecule has 2 nitrogen and oxygen atoms in total. The maximum Gasteiger partial charge on any atom is 0.224 e. The zero-order valence-corrected chi connectivity index (χ0v) is 13.3. The summed E-state index contributed by atoms with van der Waals surface area (Å²) < 4.78 is 1.05. The molecule has 0 aliphatic carbocycles. The Morgan fingerprint density at radius 3 is 2.55 bits per heavy atom. The third kappa shape index (κ3) is 3.94. The van der Waals surface area contributed by atoms with Crippen molar-refractivity contribution in [1.29, 1.82) is 0 Å². The highest BCUT2D eigenvalue weighted by molar-refractivity contribution is 9.10. The van der Waals surface area contributed by atoms with Crippen molar-refractivity contribution in [1.82, 2.24) is 0 Å². The van der Waals surface area contributed by atoms with Crippen molar-refractivity contribution in [3.63, 3.8) is 0 Å². The molecule has 0 bridgehead atoms. The van der Waals surface area contributed by atoms with Gasteiger partial charge in [0, 0.05) is 16.6 Å². The van der Waals surface area contributed by atoms with Crippen molar-refractivity contribution in [2.45, 2.75) is 26.2 Å². The van der Waals surface area contributed by atoms with Crippen LogP contribution in [0.15, 0.2) is 53.0 Å². The number of rotatable bonds is 4. The maximum atomic E-state index is 12.1. The number of halogens is 1. The Balaban J connectivity index is 1.97. The molecule has 0 aliphatic rings. The van der Waals surface area contributed by atoms with Gasteiger partial charge in [0.25, 0.3) is 0 Å². The zero-order valence-electron chi connectivity index (χ0n) is 11.7. The molecule has 0 saturated heterocycles. The minimum Gasteiger partial charge on any atom is -0.326 e. The fourth-order valence-electron chi connectivity index (χ4n) is 2.11. The lowest BCUT2D eigenvalue weighted by Gasteiger charge is -2.12. The second-order valence-corrected chi connectivity index (χ2v) is 5.88. The molecular weight excluding hydrogens is 314 g/mol. The van der Waals surface area contributed by atoms with E-state index in [1.54, 1.807) is 0 Å². The molecule has 0 radical (unpaired) electrons. The van der Waals surface area contributed by atoms with Crippen molar-refractivity contribution < 1.29 is 4.79 Å². The number of hydrogen-bond acceptors (Lipinski definition) is 1. The molecule has 20 heavy (non-hydrogen) atoms. The fourth-order valence-corrected chi connectivity index (χ4v) is 2.36. The molecule has 2 rings (SSSR count). The third-order valence-corrected chi connectivity index (χ3v) is 4.19. The van der Waals surface area contributed by atoms with Gasteiger partial charge in [-0.2, -0.15) is 0 Å². The predicted octanol–water partition coefficient (Wildman–Crippen LogP) is 4.89. The second kappa shape index (κ2) is 6.71. The Kier molecular flexibility index (Phi) is 4.96. The van der Waals surface area contributed by atoms with E-state index in [-0.39, 0.29) is 11.8 Å². The van der Waals surface area contributed by atoms with Crippen molar-refractivity contribution in [2.24, 2.45) is 0 Å². The normalized spacial score (nSPS) is 11.9. The minimum absolute atomic E-state index is 0.0445. The number of nitrogens with one attached hydrogen (secondary N) is 1. The van der Waals surface area contributed by atoms with Crippen LogP contribution in [0.25, 0.3) is 0 Å². The highest BCUT2D eigenvalue weighted by Crippen LogP contribution is 2.22. The lowest BCUT2D eigenvalue weighted by Crippen LogP contribution is -2.14. The van der Waals surface area contributed by atoms with Crippen molar-refractivity contribution in [3.05, 3.63) is 64.1 Å². The summed E-state index contributed by atoms with van der Waals surface area (Å²) in [6.45, 7) is 4.08. The van der Waals surface area contributed by atoms with Crippen molar-refractivity contribution in [3.8, 4) is 0 Å². The summed E-state index contributed by atoms with van der Waals surface area (Å²) in [6, 6.07) is 15.9. The van der Waals surface area contributed by atoms with Gasteiger partial charge in [0.15, 0.2) is 0 Å². The lowest BCUT2D eigenvalue weighted by molar-refractivity contribution is -0.116. The van der Waals surface area contributed by atoms with Crippen molar-refractivity contribution in [2.75, 3.05) is 5.32 Å². The van der Waals surface area contributed by atoms with E-state index in [1.165, 1.54) is 5.56 Å². The minimum atomic E-state index is 0.0445. The van der Waals surface area contributed by atoms with E-state index in [0.717, 1.165) is 15.7 Å². The second-order valence-electron chi connectivity index (χ2n) is 5.03. The molecule has 3 heteroatoms. The first kappa shape index (κ1) is 14.8. The average molecular weight is 332 g/mol. The quantitative estimate of drug-likeness (QED) is 0.849. The molecule has 0 unspecified atom stereocenters. The maximum absolute atomic E-state index is 12.1. The molecular formula is C17H18BrNO. The Bertz CT molecular complexity index is 595. The van der Waals surface area contributed by atoms with Gasteiger partial charge < -0.3 is 5.32 Å². The van der Waals surface area contributed by atoms with Crippen LogP contribution in [0, 0.1) is 6.92 Å². The van der Waals surface area contributed by atoms with Crippen LogP contribution < -0.4 is 5.32 Å². The molecule has 0 saturated carbocycles. The summed E-state index contributed by atoms with van der Waals surface area (Å²) in [5, 5.41) is 2.95. The molecule has 1 N–H and O–H groups in total. The van der Waals surface area contributed by atoms with Crippen molar-refractivity contribution >= 4 is 27.5 Å². The van der Waals surface area contributed by atoms with Gasteiger partial charge in [0.1, 0.15) is 0 Å². The Labute approximate surface area is 128 Å². The van der Waals surface area contributed by atoms with Crippen LogP contribution in [-0.2, 0) is 4.79 Å². The highest BCUT2D eigenvalue weighted by Gasteiger charge is 2.11. The van der Waals surface area contributed by atoms with E-state index in [4.69, 9.17) is 0 Å². The Morgan fingerprint density at radius 2 is 1.90 bits per heavy atom. The molecule has 104 valence electrons. The van der Waals surface area contributed by atoms with E-state index < -0.39 is 0 Å². The first-order chi connectivity index (χ1) is 9.56. The average Bonchev–Trinajstić information content (AvgIpc) is 2.44. The molecule has 0 aromatic heterocycles. The number of carbonyl (C=O) groups is 1. The van der Waals surface area contributed by atoms with Crippen LogP contribution in [0.3, 0.4) is 0 Å². The third-order valence-electron chi connectivity index (χ3n) is 3.30. The van der Waals surface area contributed by atoms with Gasteiger partial charge in [-0.25, -0.2) is 0 Å². The lowest BCUT2D eigenvalue weighted by atomic mass is 9.97. The smallest absolute Gasteiger partial charge is 0.224 e. The SMILES string of the molecule is Cc1cc(NC(=O)C[C@H](C)c2ccccc2)ccc1Br. The number of aryl methyl sites for hydroxylation is 1. The van der Waals surface area contributed by atoms with Gasteiger partial charge in [-0.15, -0.1) is 0 Å². The molecule has 0 spiro atoms. The van der Waals surface area contributed by atoms with Crippen LogP contribution in [0.2, 0.25) is 0 Å². The van der Waals surface area contributed by atoms with Gasteiger partial charge in [0.05, 0.1) is 0 Å². The molecule has 0 fully saturated rings. The predicted molar refractivity (Wildman–Crippen MR) is 87.0 cm³/mol. The number of anilines is 1. The zero-order chi connectivity index (χ0) is 14.5. The number of hydrogen-bond donors (Lipinski definition) is 1. The van der Waals surface area contributed by atoms with Gasteiger partial charge in [0.2, 0.25) is 5.91 Å². The topological polar surface area (TPSA) is 29.1 Å². The van der Waals surface area contributed by atoms with Gasteiger partial charge in [-0.3, -0.25) is 4.79 Å². The summed E-state index contributed by atoms with van der Waals surface area (Å²) in [5.74, 6) is 0.260. The standard InChI is InChI=1S/C17H18BrNO/c1-12(14-6-4-3-5-7-14)11-17(20)19-15-8-9-16(18)13(2)10-15/h3-10,12H,11H2,1-2H3,(H,19,20)/t12-/m0/s1. The molecule has 0 aliphatic heterocycles. The van der Waals surface area contributed by atoms with Crippen LogP contribution in [0.5, 0.6) is 0 Å². The molecule has 1 atom stereocenters. The van der Waals surface area contributed by atoms with Gasteiger partial charge >= 0.3 is 0 Å². The summed E-state index contributed by atoms with van der Waals surface area (Å²) in [6.07, 6.45) is 0.485. The highest BCUT2D eigenvalue weighted by atomic mass is 79.9. The van der Waals surface area contributed by atoms with Gasteiger partial charge in [-0.1, -0.05) is 53.2 Å². The number of amides is 1. The first-order valence-corrected chi connectivity index (χ1v) is 7.46. The van der Waals surface area contributed by atoms with E-state index in [9.17, 15) is 4.79 Å². The van der Waals surface area contributed by atoms with Crippen LogP contribution in [-0.4, -0.2) is 5.91 Å². The van der Waals surface area contributed by atoms with E-state index in [1.807, 2.05) is 43.3 Å². The van der Waals surface area contributed by atoms with E-state index in [0.29, 0.717) is 6.42 Å². The van der Waals surface area contributed by atoms with E-state index in [2.05, 4.69) is 40.3 Å². The Morgan fingerprint density at radius 1 is 1.20 bits per heavy atom. The van der Waals surface area contributed by atoms with Crippen LogP contribution in [0.4, 0.5) is 5.69 Å². The molecule has 2 aromatic carbocycles. The van der Waals surface area contributed by atoms with E-state index >= 15 is 0 Å². The summed E-state index contributed by atoms with van der Waals surface area (Å²) in [7, 11) is 0. The van der Waals surface area contributed by atoms with Crippen LogP contribution >= 0.6 is 15.9 Å². The summed E-state index contributed by atoms with van der Waals surface area (Å²) in [5.41, 5.74) is 3.14. The fraction of sp³-hybridized carbons (Fsp3) is 0.235. The Hall–Kier alpha value is -1.61. The number of carbonyl (C=O) groups excluding carboxylic acids is 1. The summed E-state index contributed by atoms with van der Waals surface area (Å²) >= 11 is 3.45. The first-order valence-electron chi connectivity index (χ1n) is 6.67. The molecule has 1 amide bonds. The van der Waals surface area contributed by atoms with Crippen LogP contribution in [0.1, 0.15) is 30.4 Å². The molecule has 2 aromatic rings. The number of benzene rings is 2.